The molecule has 1 aromatic rings. The summed E-state index contributed by atoms with van der Waals surface area (Å²) in [5.41, 5.74) is 0.369. The van der Waals surface area contributed by atoms with Gasteiger partial charge in [0.25, 0.3) is 0 Å². The summed E-state index contributed by atoms with van der Waals surface area (Å²) in [5, 5.41) is 0. The summed E-state index contributed by atoms with van der Waals surface area (Å²) in [6, 6.07) is 9.12. The highest BCUT2D eigenvalue weighted by Crippen LogP contribution is 2.29. The van der Waals surface area contributed by atoms with E-state index in [9.17, 15) is 13.2 Å². The summed E-state index contributed by atoms with van der Waals surface area (Å²) in [6.07, 6.45) is -1.68. The normalized spacial score (nSPS) is 12.6. The molecule has 0 saturated carbocycles. The van der Waals surface area contributed by atoms with Crippen molar-refractivity contribution in [1.82, 2.24) is 0 Å². The van der Waals surface area contributed by atoms with Crippen molar-refractivity contribution in [1.29, 1.82) is 0 Å². The fourth-order valence-electron chi connectivity index (χ4n) is 1.39. The Morgan fingerprint density at radius 2 is 1.81 bits per heavy atom. The van der Waals surface area contributed by atoms with E-state index >= 15 is 0 Å². The Balaban J connectivity index is 2.65. The zero-order valence-corrected chi connectivity index (χ0v) is 8.80. The maximum absolute atomic E-state index is 12.5. The van der Waals surface area contributed by atoms with Gasteiger partial charge in [-0.15, -0.1) is 0 Å². The number of benzene rings is 1. The van der Waals surface area contributed by atoms with Crippen LogP contribution in [-0.2, 0) is 6.42 Å². The lowest BCUT2D eigenvalue weighted by Gasteiger charge is -2.10. The first kappa shape index (κ1) is 12.6. The zero-order valence-electron chi connectivity index (χ0n) is 8.80. The van der Waals surface area contributed by atoms with Crippen LogP contribution < -0.4 is 0 Å². The number of alkyl halides is 3. The maximum atomic E-state index is 12.5. The van der Waals surface area contributed by atoms with Gasteiger partial charge in [0.05, 0.1) is 0 Å². The van der Waals surface area contributed by atoms with Gasteiger partial charge in [0.15, 0.2) is 0 Å². The molecule has 0 amide bonds. The Labute approximate surface area is 93.1 Å². The molecule has 0 fully saturated rings. The van der Waals surface area contributed by atoms with Crippen molar-refractivity contribution < 1.29 is 13.2 Å². The lowest BCUT2D eigenvalue weighted by Crippen LogP contribution is -2.12. The first-order chi connectivity index (χ1) is 7.54. The van der Waals surface area contributed by atoms with Crippen molar-refractivity contribution in [2.75, 3.05) is 0 Å². The number of aryl methyl sites for hydroxylation is 1. The third-order valence-electron chi connectivity index (χ3n) is 2.21. The van der Waals surface area contributed by atoms with E-state index < -0.39 is 11.7 Å². The predicted octanol–water partition coefficient (Wildman–Crippen LogP) is 4.29. The predicted molar refractivity (Wildman–Crippen MR) is 59.1 cm³/mol. The summed E-state index contributed by atoms with van der Waals surface area (Å²) in [6.45, 7) is 3.29. The van der Waals surface area contributed by atoms with E-state index in [-0.39, 0.29) is 6.42 Å². The van der Waals surface area contributed by atoms with E-state index in [2.05, 4.69) is 6.58 Å². The molecule has 0 radical (unpaired) electrons. The van der Waals surface area contributed by atoms with E-state index in [4.69, 9.17) is 0 Å². The van der Waals surface area contributed by atoms with Crippen LogP contribution in [0.3, 0.4) is 0 Å². The van der Waals surface area contributed by atoms with Gasteiger partial charge in [-0.2, -0.15) is 13.2 Å². The minimum Gasteiger partial charge on any atom is -0.166 e. The van der Waals surface area contributed by atoms with Gasteiger partial charge in [-0.1, -0.05) is 49.1 Å². The van der Waals surface area contributed by atoms with Crippen LogP contribution in [0.25, 0.3) is 0 Å². The Hall–Kier alpha value is -1.51. The molecule has 0 spiro atoms. The Bertz CT molecular complexity index is 361. The van der Waals surface area contributed by atoms with Crippen LogP contribution in [0.5, 0.6) is 0 Å². The van der Waals surface area contributed by atoms with E-state index in [1.54, 1.807) is 0 Å². The van der Waals surface area contributed by atoms with Gasteiger partial charge in [-0.05, 0) is 18.4 Å². The third kappa shape index (κ3) is 3.93. The molecule has 0 heterocycles. The first-order valence-corrected chi connectivity index (χ1v) is 4.96. The van der Waals surface area contributed by atoms with Crippen molar-refractivity contribution in [2.45, 2.75) is 19.0 Å². The molecule has 0 saturated heterocycles. The Morgan fingerprint density at radius 1 is 1.19 bits per heavy atom. The van der Waals surface area contributed by atoms with Gasteiger partial charge in [0.2, 0.25) is 0 Å². The van der Waals surface area contributed by atoms with Gasteiger partial charge in [0.1, 0.15) is 0 Å². The lowest BCUT2D eigenvalue weighted by atomic mass is 10.0. The van der Waals surface area contributed by atoms with Crippen LogP contribution in [-0.4, -0.2) is 6.18 Å². The quantitative estimate of drug-likeness (QED) is 0.672. The van der Waals surface area contributed by atoms with E-state index in [0.717, 1.165) is 11.6 Å². The molecular formula is C13H13F3. The SMILES string of the molecule is C=C/C=C(/CCc1ccccc1)C(F)(F)F. The van der Waals surface area contributed by atoms with Crippen LogP contribution in [0.1, 0.15) is 12.0 Å². The molecule has 1 aromatic carbocycles. The number of rotatable bonds is 4. The van der Waals surface area contributed by atoms with E-state index in [1.165, 1.54) is 6.08 Å². The van der Waals surface area contributed by atoms with Crippen LogP contribution in [0.2, 0.25) is 0 Å². The largest absolute Gasteiger partial charge is 0.412 e. The van der Waals surface area contributed by atoms with Crippen LogP contribution in [0.4, 0.5) is 13.2 Å². The van der Waals surface area contributed by atoms with E-state index in [0.29, 0.717) is 6.42 Å². The summed E-state index contributed by atoms with van der Waals surface area (Å²) in [7, 11) is 0. The molecule has 0 atom stereocenters. The zero-order chi connectivity index (χ0) is 12.0. The smallest absolute Gasteiger partial charge is 0.166 e. The number of hydrogen-bond donors (Lipinski definition) is 0. The summed E-state index contributed by atoms with van der Waals surface area (Å²) in [5.74, 6) is 0. The molecular weight excluding hydrogens is 213 g/mol. The molecule has 86 valence electrons. The minimum atomic E-state index is -4.26. The monoisotopic (exact) mass is 226 g/mol. The highest BCUT2D eigenvalue weighted by Gasteiger charge is 2.32. The number of halogens is 3. The molecule has 1 rings (SSSR count). The highest BCUT2D eigenvalue weighted by atomic mass is 19.4. The molecule has 0 nitrogen and oxygen atoms in total. The fourth-order valence-corrected chi connectivity index (χ4v) is 1.39. The fraction of sp³-hybridized carbons (Fsp3) is 0.231. The maximum Gasteiger partial charge on any atom is 0.412 e. The Kier molecular flexibility index (Phi) is 4.35. The van der Waals surface area contributed by atoms with Crippen molar-refractivity contribution in [3.63, 3.8) is 0 Å². The molecule has 0 aromatic heterocycles. The summed E-state index contributed by atoms with van der Waals surface area (Å²) >= 11 is 0. The van der Waals surface area contributed by atoms with Crippen molar-refractivity contribution in [3.05, 3.63) is 60.2 Å². The highest BCUT2D eigenvalue weighted by molar-refractivity contribution is 5.20. The average molecular weight is 226 g/mol. The lowest BCUT2D eigenvalue weighted by molar-refractivity contribution is -0.0939. The topological polar surface area (TPSA) is 0 Å². The summed E-state index contributed by atoms with van der Waals surface area (Å²) in [4.78, 5) is 0. The van der Waals surface area contributed by atoms with Gasteiger partial charge in [0, 0.05) is 5.57 Å². The number of allylic oxidation sites excluding steroid dienone is 3. The molecule has 0 N–H and O–H groups in total. The van der Waals surface area contributed by atoms with Gasteiger partial charge in [-0.3, -0.25) is 0 Å². The van der Waals surface area contributed by atoms with Crippen molar-refractivity contribution in [2.24, 2.45) is 0 Å². The van der Waals surface area contributed by atoms with Crippen molar-refractivity contribution in [3.8, 4) is 0 Å². The van der Waals surface area contributed by atoms with Gasteiger partial charge < -0.3 is 0 Å². The Morgan fingerprint density at radius 3 is 2.31 bits per heavy atom. The standard InChI is InChI=1S/C13H13F3/c1-2-6-12(13(14,15)16)10-9-11-7-4-3-5-8-11/h2-8H,1,9-10H2/b12-6-. The van der Waals surface area contributed by atoms with Gasteiger partial charge >= 0.3 is 6.18 Å². The second kappa shape index (κ2) is 5.54. The number of hydrogen-bond acceptors (Lipinski definition) is 0. The molecule has 16 heavy (non-hydrogen) atoms. The molecule has 0 unspecified atom stereocenters. The van der Waals surface area contributed by atoms with Crippen LogP contribution >= 0.6 is 0 Å². The van der Waals surface area contributed by atoms with Gasteiger partial charge in [-0.25, -0.2) is 0 Å². The summed E-state index contributed by atoms with van der Waals surface area (Å²) < 4.78 is 37.5. The van der Waals surface area contributed by atoms with Crippen molar-refractivity contribution >= 4 is 0 Å². The second-order valence-corrected chi connectivity index (χ2v) is 3.41. The van der Waals surface area contributed by atoms with E-state index in [1.807, 2.05) is 30.3 Å². The third-order valence-corrected chi connectivity index (χ3v) is 2.21. The van der Waals surface area contributed by atoms with Crippen LogP contribution in [0, 0.1) is 0 Å². The average Bonchev–Trinajstić information content (AvgIpc) is 2.24. The first-order valence-electron chi connectivity index (χ1n) is 4.96. The molecule has 3 heteroatoms. The molecule has 0 aliphatic heterocycles. The molecule has 0 bridgehead atoms. The minimum absolute atomic E-state index is 0.0144. The molecule has 0 aliphatic carbocycles. The molecule has 0 aliphatic rings. The second-order valence-electron chi connectivity index (χ2n) is 3.41. The van der Waals surface area contributed by atoms with Crippen LogP contribution in [0.15, 0.2) is 54.6 Å².